The predicted octanol–water partition coefficient (Wildman–Crippen LogP) is 0.00230. The Balaban J connectivity index is 2.49. The summed E-state index contributed by atoms with van der Waals surface area (Å²) in [5.41, 5.74) is 5.53. The molecule has 0 aromatic heterocycles. The van der Waals surface area contributed by atoms with Crippen LogP contribution in [0, 0.1) is 0 Å². The molecule has 1 rings (SSSR count). The number of hydrogen-bond donors (Lipinski definition) is 2. The summed E-state index contributed by atoms with van der Waals surface area (Å²) in [7, 11) is 0. The Bertz CT molecular complexity index is 136. The maximum absolute atomic E-state index is 11.0. The van der Waals surface area contributed by atoms with Crippen LogP contribution in [-0.2, 0) is 4.79 Å². The molecule has 0 aliphatic carbocycles. The van der Waals surface area contributed by atoms with Gasteiger partial charge in [-0.2, -0.15) is 0 Å². The van der Waals surface area contributed by atoms with Gasteiger partial charge in [-0.3, -0.25) is 4.79 Å². The van der Waals surface area contributed by atoms with Gasteiger partial charge in [0, 0.05) is 6.04 Å². The van der Waals surface area contributed by atoms with Gasteiger partial charge >= 0.3 is 0 Å². The smallest absolute Gasteiger partial charge is 0.237 e. The van der Waals surface area contributed by atoms with E-state index in [2.05, 4.69) is 5.32 Å². The van der Waals surface area contributed by atoms with Gasteiger partial charge in [0.25, 0.3) is 0 Å². The van der Waals surface area contributed by atoms with E-state index in [1.165, 1.54) is 0 Å². The Hall–Kier alpha value is -0.570. The topological polar surface area (TPSA) is 55.1 Å². The molecule has 1 saturated heterocycles. The molecule has 1 aliphatic heterocycles. The van der Waals surface area contributed by atoms with Crippen molar-refractivity contribution in [2.45, 2.75) is 38.3 Å². The summed E-state index contributed by atoms with van der Waals surface area (Å²) < 4.78 is 0. The van der Waals surface area contributed by atoms with Crippen LogP contribution < -0.4 is 11.1 Å². The molecule has 3 heteroatoms. The number of amides is 1. The van der Waals surface area contributed by atoms with E-state index in [-0.39, 0.29) is 11.9 Å². The van der Waals surface area contributed by atoms with Crippen LogP contribution in [0.5, 0.6) is 0 Å². The largest absolute Gasteiger partial charge is 0.352 e. The van der Waals surface area contributed by atoms with Gasteiger partial charge in [0.05, 0.1) is 6.04 Å². The standard InChI is InChI=1S/C7H14N2O/c1-5-3-2-4-6(8)7(10)9-5/h5-6H,2-4,8H2,1H3,(H,9,10)/t5-,6-/m1/s1. The molecule has 0 radical (unpaired) electrons. The fraction of sp³-hybridized carbons (Fsp3) is 0.857. The zero-order chi connectivity index (χ0) is 7.56. The normalized spacial score (nSPS) is 34.8. The minimum absolute atomic E-state index is 0.00463. The van der Waals surface area contributed by atoms with Crippen molar-refractivity contribution >= 4 is 5.91 Å². The molecule has 1 heterocycles. The van der Waals surface area contributed by atoms with E-state index in [1.54, 1.807) is 0 Å². The average molecular weight is 142 g/mol. The molecule has 0 aromatic rings. The molecule has 1 amide bonds. The van der Waals surface area contributed by atoms with Crippen molar-refractivity contribution in [3.63, 3.8) is 0 Å². The lowest BCUT2D eigenvalue weighted by Crippen LogP contribution is -2.41. The first-order chi connectivity index (χ1) is 4.70. The summed E-state index contributed by atoms with van der Waals surface area (Å²) in [6, 6.07) is 0.0333. The summed E-state index contributed by atoms with van der Waals surface area (Å²) in [5.74, 6) is 0.00463. The highest BCUT2D eigenvalue weighted by atomic mass is 16.2. The third-order valence-corrected chi connectivity index (χ3v) is 1.88. The quantitative estimate of drug-likeness (QED) is 0.500. The van der Waals surface area contributed by atoms with Crippen LogP contribution in [0.25, 0.3) is 0 Å². The summed E-state index contributed by atoms with van der Waals surface area (Å²) in [5, 5.41) is 2.83. The second-order valence-electron chi connectivity index (χ2n) is 2.95. The summed E-state index contributed by atoms with van der Waals surface area (Å²) >= 11 is 0. The average Bonchev–Trinajstić information content (AvgIpc) is 1.96. The zero-order valence-electron chi connectivity index (χ0n) is 6.26. The Kier molecular flexibility index (Phi) is 2.27. The molecule has 0 spiro atoms. The molecule has 2 atom stereocenters. The summed E-state index contributed by atoms with van der Waals surface area (Å²) in [6.07, 6.45) is 2.94. The third-order valence-electron chi connectivity index (χ3n) is 1.88. The molecular weight excluding hydrogens is 128 g/mol. The van der Waals surface area contributed by atoms with Crippen molar-refractivity contribution in [1.29, 1.82) is 0 Å². The van der Waals surface area contributed by atoms with E-state index in [0.29, 0.717) is 6.04 Å². The maximum Gasteiger partial charge on any atom is 0.237 e. The first-order valence-corrected chi connectivity index (χ1v) is 3.76. The highest BCUT2D eigenvalue weighted by Crippen LogP contribution is 2.07. The summed E-state index contributed by atoms with van der Waals surface area (Å²) in [6.45, 7) is 2.01. The van der Waals surface area contributed by atoms with E-state index >= 15 is 0 Å². The fourth-order valence-corrected chi connectivity index (χ4v) is 1.20. The SMILES string of the molecule is C[C@@H]1CCC[C@@H](N)C(=O)N1. The molecule has 58 valence electrons. The Morgan fingerprint density at radius 2 is 2.30 bits per heavy atom. The second kappa shape index (κ2) is 3.01. The Labute approximate surface area is 61.0 Å². The Morgan fingerprint density at radius 1 is 1.60 bits per heavy atom. The van der Waals surface area contributed by atoms with Crippen LogP contribution in [0.2, 0.25) is 0 Å². The fourth-order valence-electron chi connectivity index (χ4n) is 1.20. The molecule has 0 bridgehead atoms. The zero-order valence-corrected chi connectivity index (χ0v) is 6.26. The number of nitrogens with one attached hydrogen (secondary N) is 1. The molecule has 0 unspecified atom stereocenters. The lowest BCUT2D eigenvalue weighted by Gasteiger charge is -2.09. The van der Waals surface area contributed by atoms with Crippen LogP contribution in [0.3, 0.4) is 0 Å². The van der Waals surface area contributed by atoms with Gasteiger partial charge in [-0.25, -0.2) is 0 Å². The lowest BCUT2D eigenvalue weighted by molar-refractivity contribution is -0.122. The van der Waals surface area contributed by atoms with Crippen LogP contribution >= 0.6 is 0 Å². The van der Waals surface area contributed by atoms with Crippen LogP contribution in [0.15, 0.2) is 0 Å². The number of carbonyl (C=O) groups is 1. The molecule has 1 fully saturated rings. The number of rotatable bonds is 0. The minimum Gasteiger partial charge on any atom is -0.352 e. The van der Waals surface area contributed by atoms with Crippen LogP contribution in [0.4, 0.5) is 0 Å². The first kappa shape index (κ1) is 7.54. The molecular formula is C7H14N2O. The van der Waals surface area contributed by atoms with Gasteiger partial charge < -0.3 is 11.1 Å². The van der Waals surface area contributed by atoms with E-state index < -0.39 is 0 Å². The molecule has 0 saturated carbocycles. The summed E-state index contributed by atoms with van der Waals surface area (Å²) in [4.78, 5) is 11.0. The van der Waals surface area contributed by atoms with Crippen molar-refractivity contribution in [3.8, 4) is 0 Å². The monoisotopic (exact) mass is 142 g/mol. The number of hydrogen-bond acceptors (Lipinski definition) is 2. The van der Waals surface area contributed by atoms with E-state index in [9.17, 15) is 4.79 Å². The van der Waals surface area contributed by atoms with Crippen LogP contribution in [0.1, 0.15) is 26.2 Å². The maximum atomic E-state index is 11.0. The van der Waals surface area contributed by atoms with Gasteiger partial charge in [-0.1, -0.05) is 0 Å². The second-order valence-corrected chi connectivity index (χ2v) is 2.95. The Morgan fingerprint density at radius 3 is 3.00 bits per heavy atom. The first-order valence-electron chi connectivity index (χ1n) is 3.76. The van der Waals surface area contributed by atoms with Crippen molar-refractivity contribution in [2.75, 3.05) is 0 Å². The van der Waals surface area contributed by atoms with Crippen molar-refractivity contribution in [3.05, 3.63) is 0 Å². The predicted molar refractivity (Wildman–Crippen MR) is 39.4 cm³/mol. The van der Waals surface area contributed by atoms with Gasteiger partial charge in [0.1, 0.15) is 0 Å². The minimum atomic E-state index is -0.273. The molecule has 10 heavy (non-hydrogen) atoms. The highest BCUT2D eigenvalue weighted by molar-refractivity contribution is 5.81. The molecule has 3 nitrogen and oxygen atoms in total. The third kappa shape index (κ3) is 1.70. The van der Waals surface area contributed by atoms with Crippen molar-refractivity contribution in [2.24, 2.45) is 5.73 Å². The van der Waals surface area contributed by atoms with Gasteiger partial charge in [0.15, 0.2) is 0 Å². The van der Waals surface area contributed by atoms with E-state index in [4.69, 9.17) is 5.73 Å². The van der Waals surface area contributed by atoms with Crippen LogP contribution in [-0.4, -0.2) is 18.0 Å². The highest BCUT2D eigenvalue weighted by Gasteiger charge is 2.18. The molecule has 1 aliphatic rings. The number of nitrogens with two attached hydrogens (primary N) is 1. The molecule has 0 aromatic carbocycles. The molecule has 3 N–H and O–H groups in total. The lowest BCUT2D eigenvalue weighted by atomic mass is 10.1. The van der Waals surface area contributed by atoms with Gasteiger partial charge in [-0.05, 0) is 26.2 Å². The number of carbonyl (C=O) groups excluding carboxylic acids is 1. The van der Waals surface area contributed by atoms with Gasteiger partial charge in [-0.15, -0.1) is 0 Å². The van der Waals surface area contributed by atoms with Crippen molar-refractivity contribution in [1.82, 2.24) is 5.32 Å². The van der Waals surface area contributed by atoms with E-state index in [0.717, 1.165) is 19.3 Å². The van der Waals surface area contributed by atoms with Gasteiger partial charge in [0.2, 0.25) is 5.91 Å². The van der Waals surface area contributed by atoms with E-state index in [1.807, 2.05) is 6.92 Å². The van der Waals surface area contributed by atoms with Crippen molar-refractivity contribution < 1.29 is 4.79 Å².